The number of aliphatic hydroxyl groups excluding tert-OH is 1. The molecule has 0 aromatic carbocycles. The largest absolute Gasteiger partial charge is 0.380 e. The second-order valence-corrected chi connectivity index (χ2v) is 6.61. The summed E-state index contributed by atoms with van der Waals surface area (Å²) in [4.78, 5) is 0. The normalized spacial score (nSPS) is 30.7. The van der Waals surface area contributed by atoms with E-state index in [0.717, 1.165) is 0 Å². The molecule has 0 bridgehead atoms. The maximum Gasteiger partial charge on any atom is 0.358 e. The van der Waals surface area contributed by atoms with E-state index in [1.54, 1.807) is 0 Å². The molecule has 0 aromatic rings. The van der Waals surface area contributed by atoms with E-state index >= 15 is 0 Å². The molecule has 6 heteroatoms. The fraction of sp³-hybridized carbons (Fsp3) is 0.889. The maximum atomic E-state index is 11.9. The van der Waals surface area contributed by atoms with Gasteiger partial charge in [-0.15, -0.1) is 0 Å². The molecule has 0 spiro atoms. The van der Waals surface area contributed by atoms with Crippen molar-refractivity contribution in [1.29, 1.82) is 5.26 Å². The molecule has 3 unspecified atom stereocenters. The fourth-order valence-corrected chi connectivity index (χ4v) is 3.50. The molecule has 1 aliphatic rings. The van der Waals surface area contributed by atoms with Gasteiger partial charge >= 0.3 is 7.60 Å². The van der Waals surface area contributed by atoms with Crippen LogP contribution in [-0.2, 0) is 13.6 Å². The van der Waals surface area contributed by atoms with Crippen LogP contribution in [0.5, 0.6) is 0 Å². The van der Waals surface area contributed by atoms with Crippen LogP contribution >= 0.6 is 7.60 Å². The smallest absolute Gasteiger partial charge is 0.358 e. The van der Waals surface area contributed by atoms with Crippen LogP contribution in [-0.4, -0.2) is 25.2 Å². The molecule has 15 heavy (non-hydrogen) atoms. The van der Waals surface area contributed by atoms with E-state index in [1.165, 1.54) is 14.2 Å². The molecule has 0 amide bonds. The van der Waals surface area contributed by atoms with Crippen LogP contribution in [0.3, 0.4) is 0 Å². The first kappa shape index (κ1) is 12.7. The van der Waals surface area contributed by atoms with Crippen LogP contribution in [0.25, 0.3) is 0 Å². The average Bonchev–Trinajstić information content (AvgIpc) is 2.77. The lowest BCUT2D eigenvalue weighted by Crippen LogP contribution is -2.16. The van der Waals surface area contributed by atoms with Gasteiger partial charge in [0.05, 0.1) is 12.0 Å². The Morgan fingerprint density at radius 3 is 2.20 bits per heavy atom. The standard InChI is InChI=1S/C9H16NO4P/c1-9(2)6(5-10)7(9)8(11)15(12,13-3)14-4/h6-8,11H,1-4H3. The fourth-order valence-electron chi connectivity index (χ4n) is 1.97. The minimum atomic E-state index is -3.49. The molecule has 3 atom stereocenters. The van der Waals surface area contributed by atoms with Gasteiger partial charge < -0.3 is 14.2 Å². The zero-order valence-electron chi connectivity index (χ0n) is 9.30. The summed E-state index contributed by atoms with van der Waals surface area (Å²) in [5, 5.41) is 18.7. The Labute approximate surface area is 89.5 Å². The van der Waals surface area contributed by atoms with E-state index in [2.05, 4.69) is 6.07 Å². The van der Waals surface area contributed by atoms with Crippen molar-refractivity contribution in [2.75, 3.05) is 14.2 Å². The van der Waals surface area contributed by atoms with E-state index in [4.69, 9.17) is 14.3 Å². The maximum absolute atomic E-state index is 11.9. The lowest BCUT2D eigenvalue weighted by molar-refractivity contribution is 0.148. The quantitative estimate of drug-likeness (QED) is 0.746. The van der Waals surface area contributed by atoms with Crippen molar-refractivity contribution in [2.24, 2.45) is 17.3 Å². The van der Waals surface area contributed by atoms with Crippen LogP contribution in [0, 0.1) is 28.6 Å². The highest BCUT2D eigenvalue weighted by molar-refractivity contribution is 7.54. The summed E-state index contributed by atoms with van der Waals surface area (Å²) >= 11 is 0. The SMILES string of the molecule is COP(=O)(OC)C(O)C1C(C#N)C1(C)C. The molecule has 1 aliphatic carbocycles. The Bertz CT molecular complexity index is 327. The van der Waals surface area contributed by atoms with E-state index < -0.39 is 13.4 Å². The Hall–Kier alpha value is -0.400. The molecular weight excluding hydrogens is 217 g/mol. The molecule has 0 aliphatic heterocycles. The summed E-state index contributed by atoms with van der Waals surface area (Å²) in [6.45, 7) is 3.70. The van der Waals surface area contributed by atoms with Gasteiger partial charge in [-0.1, -0.05) is 13.8 Å². The minimum Gasteiger partial charge on any atom is -0.380 e. The number of hydrogen-bond acceptors (Lipinski definition) is 5. The highest BCUT2D eigenvalue weighted by atomic mass is 31.2. The van der Waals surface area contributed by atoms with Crippen molar-refractivity contribution in [3.63, 3.8) is 0 Å². The van der Waals surface area contributed by atoms with E-state index in [9.17, 15) is 9.67 Å². The van der Waals surface area contributed by atoms with Crippen molar-refractivity contribution < 1.29 is 18.7 Å². The lowest BCUT2D eigenvalue weighted by Gasteiger charge is -2.20. The predicted octanol–water partition coefficient (Wildman–Crippen LogP) is 1.59. The predicted molar refractivity (Wildman–Crippen MR) is 54.0 cm³/mol. The third-order valence-electron chi connectivity index (χ3n) is 3.20. The van der Waals surface area contributed by atoms with Gasteiger partial charge in [0.15, 0.2) is 5.85 Å². The van der Waals surface area contributed by atoms with Gasteiger partial charge in [0.25, 0.3) is 0 Å². The van der Waals surface area contributed by atoms with Crippen LogP contribution in [0.15, 0.2) is 0 Å². The van der Waals surface area contributed by atoms with E-state index in [1.807, 2.05) is 13.8 Å². The molecule has 1 saturated carbocycles. The first-order chi connectivity index (χ1) is 6.85. The van der Waals surface area contributed by atoms with Gasteiger partial charge in [0.1, 0.15) is 0 Å². The van der Waals surface area contributed by atoms with Gasteiger partial charge in [-0.25, -0.2) is 0 Å². The zero-order valence-corrected chi connectivity index (χ0v) is 10.2. The molecule has 0 heterocycles. The third-order valence-corrected chi connectivity index (χ3v) is 5.19. The van der Waals surface area contributed by atoms with Gasteiger partial charge in [-0.05, 0) is 5.41 Å². The minimum absolute atomic E-state index is 0.300. The summed E-state index contributed by atoms with van der Waals surface area (Å²) < 4.78 is 21.3. The van der Waals surface area contributed by atoms with Gasteiger partial charge in [-0.2, -0.15) is 5.26 Å². The van der Waals surface area contributed by atoms with Crippen molar-refractivity contribution in [1.82, 2.24) is 0 Å². The molecule has 0 saturated heterocycles. The highest BCUT2D eigenvalue weighted by Crippen LogP contribution is 2.68. The number of rotatable bonds is 4. The van der Waals surface area contributed by atoms with Crippen molar-refractivity contribution in [3.8, 4) is 6.07 Å². The third kappa shape index (κ3) is 1.83. The molecule has 0 aromatic heterocycles. The second-order valence-electron chi connectivity index (χ2n) is 4.27. The van der Waals surface area contributed by atoms with Crippen LogP contribution in [0.2, 0.25) is 0 Å². The number of aliphatic hydroxyl groups is 1. The summed E-state index contributed by atoms with van der Waals surface area (Å²) in [6.07, 6.45) is 0. The lowest BCUT2D eigenvalue weighted by atomic mass is 10.1. The van der Waals surface area contributed by atoms with Crippen LogP contribution in [0.4, 0.5) is 0 Å². The van der Waals surface area contributed by atoms with Crippen molar-refractivity contribution in [2.45, 2.75) is 19.7 Å². The molecule has 1 N–H and O–H groups in total. The Balaban J connectivity index is 2.85. The van der Waals surface area contributed by atoms with Crippen molar-refractivity contribution in [3.05, 3.63) is 0 Å². The summed E-state index contributed by atoms with van der Waals surface area (Å²) in [5.74, 6) is -1.88. The number of nitriles is 1. The molecule has 1 fully saturated rings. The highest BCUT2D eigenvalue weighted by Gasteiger charge is 2.65. The van der Waals surface area contributed by atoms with Gasteiger partial charge in [-0.3, -0.25) is 4.57 Å². The Morgan fingerprint density at radius 2 is 1.93 bits per heavy atom. The van der Waals surface area contributed by atoms with E-state index in [-0.39, 0.29) is 17.3 Å². The Kier molecular flexibility index (Phi) is 3.27. The molecule has 5 nitrogen and oxygen atoms in total. The second kappa shape index (κ2) is 3.88. The summed E-state index contributed by atoms with van der Waals surface area (Å²) in [6, 6.07) is 2.09. The first-order valence-corrected chi connectivity index (χ1v) is 6.25. The molecule has 0 radical (unpaired) electrons. The average molecular weight is 233 g/mol. The van der Waals surface area contributed by atoms with Crippen molar-refractivity contribution >= 4 is 7.60 Å². The monoisotopic (exact) mass is 233 g/mol. The molecular formula is C9H16NO4P. The zero-order chi connectivity index (χ0) is 11.9. The molecule has 86 valence electrons. The molecule has 1 rings (SSSR count). The van der Waals surface area contributed by atoms with E-state index in [0.29, 0.717) is 0 Å². The first-order valence-electron chi connectivity index (χ1n) is 4.64. The number of hydrogen-bond donors (Lipinski definition) is 1. The summed E-state index contributed by atoms with van der Waals surface area (Å²) in [7, 11) is -1.04. The number of nitrogens with zero attached hydrogens (tertiary/aromatic N) is 1. The topological polar surface area (TPSA) is 79.6 Å². The van der Waals surface area contributed by atoms with Crippen LogP contribution in [0.1, 0.15) is 13.8 Å². The van der Waals surface area contributed by atoms with Gasteiger partial charge in [0, 0.05) is 20.1 Å². The van der Waals surface area contributed by atoms with Crippen LogP contribution < -0.4 is 0 Å². The Morgan fingerprint density at radius 1 is 1.47 bits per heavy atom. The summed E-state index contributed by atoms with van der Waals surface area (Å²) in [5.41, 5.74) is -0.332. The van der Waals surface area contributed by atoms with Gasteiger partial charge in [0.2, 0.25) is 0 Å².